The van der Waals surface area contributed by atoms with Crippen molar-refractivity contribution in [2.24, 2.45) is 12.0 Å². The van der Waals surface area contributed by atoms with Gasteiger partial charge in [-0.05, 0) is 31.9 Å². The molecule has 1 saturated carbocycles. The monoisotopic (exact) mass is 528 g/mol. The molecule has 1 aromatic heterocycles. The molecule has 0 amide bonds. The number of nitrogens with zero attached hydrogens (tertiary/aromatic N) is 4. The second-order valence-corrected chi connectivity index (χ2v) is 7.40. The standard InChI is InChI=1S/C21H32N6O2.HI/c1-15-25-26-20(27(15)2)14-23-21(24-17-8-6-5-7-9-17)22-13-16-10-11-18(28-3)12-19(16)29-4;/h10-12,17H,5-9,13-14H2,1-4H3,(H2,22,23,24);1H. The topological polar surface area (TPSA) is 85.6 Å². The molecule has 0 bridgehead atoms. The lowest BCUT2D eigenvalue weighted by atomic mass is 9.96. The molecular weight excluding hydrogens is 495 g/mol. The molecule has 1 heterocycles. The van der Waals surface area contributed by atoms with Crippen molar-refractivity contribution in [3.8, 4) is 11.5 Å². The van der Waals surface area contributed by atoms with E-state index in [1.807, 2.05) is 36.7 Å². The number of aromatic nitrogens is 3. The highest BCUT2D eigenvalue weighted by molar-refractivity contribution is 14.0. The van der Waals surface area contributed by atoms with Crippen LogP contribution in [0.5, 0.6) is 11.5 Å². The lowest BCUT2D eigenvalue weighted by molar-refractivity contribution is 0.391. The van der Waals surface area contributed by atoms with Crippen molar-refractivity contribution in [3.05, 3.63) is 35.4 Å². The molecule has 0 spiro atoms. The minimum Gasteiger partial charge on any atom is -0.497 e. The molecule has 166 valence electrons. The smallest absolute Gasteiger partial charge is 0.192 e. The number of rotatable bonds is 7. The van der Waals surface area contributed by atoms with Crippen LogP contribution in [-0.2, 0) is 20.1 Å². The summed E-state index contributed by atoms with van der Waals surface area (Å²) in [6, 6.07) is 6.26. The summed E-state index contributed by atoms with van der Waals surface area (Å²) in [6.07, 6.45) is 6.20. The van der Waals surface area contributed by atoms with Crippen molar-refractivity contribution in [1.82, 2.24) is 25.4 Å². The van der Waals surface area contributed by atoms with Crippen LogP contribution in [0.4, 0.5) is 0 Å². The van der Waals surface area contributed by atoms with E-state index in [-0.39, 0.29) is 24.0 Å². The van der Waals surface area contributed by atoms with E-state index in [9.17, 15) is 0 Å². The van der Waals surface area contributed by atoms with Crippen molar-refractivity contribution in [1.29, 1.82) is 0 Å². The summed E-state index contributed by atoms with van der Waals surface area (Å²) in [5.74, 6) is 4.10. The maximum Gasteiger partial charge on any atom is 0.192 e. The summed E-state index contributed by atoms with van der Waals surface area (Å²) in [7, 11) is 5.29. The Morgan fingerprint density at radius 3 is 2.57 bits per heavy atom. The fourth-order valence-corrected chi connectivity index (χ4v) is 3.51. The van der Waals surface area contributed by atoms with Crippen LogP contribution < -0.4 is 20.1 Å². The summed E-state index contributed by atoms with van der Waals surface area (Å²) in [5.41, 5.74) is 1.01. The Balaban J connectivity index is 0.00000320. The van der Waals surface area contributed by atoms with Gasteiger partial charge in [0.25, 0.3) is 0 Å². The fraction of sp³-hybridized carbons (Fsp3) is 0.571. The van der Waals surface area contributed by atoms with E-state index >= 15 is 0 Å². The first kappa shape index (κ1) is 24.2. The molecule has 2 aromatic rings. The third-order valence-corrected chi connectivity index (χ3v) is 5.44. The number of hydrogen-bond donors (Lipinski definition) is 2. The van der Waals surface area contributed by atoms with Gasteiger partial charge in [0.2, 0.25) is 0 Å². The van der Waals surface area contributed by atoms with Crippen LogP contribution in [0.25, 0.3) is 0 Å². The molecule has 0 radical (unpaired) electrons. The molecule has 3 rings (SSSR count). The van der Waals surface area contributed by atoms with Gasteiger partial charge in [-0.25, -0.2) is 4.99 Å². The van der Waals surface area contributed by atoms with Crippen molar-refractivity contribution in [3.63, 3.8) is 0 Å². The molecule has 1 aliphatic carbocycles. The average molecular weight is 528 g/mol. The van der Waals surface area contributed by atoms with Gasteiger partial charge in [-0.15, -0.1) is 34.2 Å². The number of hydrogen-bond acceptors (Lipinski definition) is 5. The Hall–Kier alpha value is -2.04. The number of halogens is 1. The lowest BCUT2D eigenvalue weighted by Gasteiger charge is -2.25. The van der Waals surface area contributed by atoms with E-state index in [1.165, 1.54) is 32.1 Å². The van der Waals surface area contributed by atoms with E-state index in [4.69, 9.17) is 14.5 Å². The Morgan fingerprint density at radius 2 is 1.93 bits per heavy atom. The van der Waals surface area contributed by atoms with E-state index in [0.717, 1.165) is 34.7 Å². The van der Waals surface area contributed by atoms with Crippen LogP contribution in [0.15, 0.2) is 23.2 Å². The average Bonchev–Trinajstić information content (AvgIpc) is 3.08. The van der Waals surface area contributed by atoms with Crippen LogP contribution in [0, 0.1) is 6.92 Å². The second-order valence-electron chi connectivity index (χ2n) is 7.40. The van der Waals surface area contributed by atoms with Gasteiger partial charge in [0.05, 0.1) is 27.3 Å². The van der Waals surface area contributed by atoms with Gasteiger partial charge in [0.1, 0.15) is 17.3 Å². The zero-order valence-electron chi connectivity index (χ0n) is 18.3. The summed E-state index contributed by atoms with van der Waals surface area (Å²) in [4.78, 5) is 4.82. The Labute approximate surface area is 195 Å². The van der Waals surface area contributed by atoms with Crippen LogP contribution in [-0.4, -0.2) is 41.0 Å². The number of guanidine groups is 1. The predicted molar refractivity (Wildman–Crippen MR) is 129 cm³/mol. The van der Waals surface area contributed by atoms with Gasteiger partial charge >= 0.3 is 0 Å². The van der Waals surface area contributed by atoms with E-state index in [0.29, 0.717) is 19.1 Å². The predicted octanol–water partition coefficient (Wildman–Crippen LogP) is 3.33. The molecule has 9 heteroatoms. The van der Waals surface area contributed by atoms with Gasteiger partial charge in [-0.1, -0.05) is 19.3 Å². The third-order valence-electron chi connectivity index (χ3n) is 5.44. The zero-order valence-corrected chi connectivity index (χ0v) is 20.6. The van der Waals surface area contributed by atoms with Gasteiger partial charge in [0, 0.05) is 24.7 Å². The molecule has 0 saturated heterocycles. The first-order valence-electron chi connectivity index (χ1n) is 10.2. The molecular formula is C21H33IN6O2. The third kappa shape index (κ3) is 6.48. The van der Waals surface area contributed by atoms with Gasteiger partial charge in [-0.3, -0.25) is 0 Å². The number of aliphatic imine (C=N–C) groups is 1. The van der Waals surface area contributed by atoms with Crippen molar-refractivity contribution in [2.45, 2.75) is 58.2 Å². The Bertz CT molecular complexity index is 833. The minimum absolute atomic E-state index is 0. The maximum atomic E-state index is 5.51. The largest absolute Gasteiger partial charge is 0.497 e. The van der Waals surface area contributed by atoms with Gasteiger partial charge < -0.3 is 24.7 Å². The molecule has 1 aliphatic rings. The first-order valence-corrected chi connectivity index (χ1v) is 10.2. The molecule has 30 heavy (non-hydrogen) atoms. The molecule has 2 N–H and O–H groups in total. The highest BCUT2D eigenvalue weighted by Crippen LogP contribution is 2.25. The highest BCUT2D eigenvalue weighted by atomic mass is 127. The number of nitrogens with one attached hydrogen (secondary N) is 2. The summed E-state index contributed by atoms with van der Waals surface area (Å²) in [6.45, 7) is 3.02. The van der Waals surface area contributed by atoms with Crippen LogP contribution in [0.3, 0.4) is 0 Å². The van der Waals surface area contributed by atoms with Gasteiger partial charge in [0.15, 0.2) is 11.8 Å². The summed E-state index contributed by atoms with van der Waals surface area (Å²) in [5, 5.41) is 15.4. The normalized spacial score (nSPS) is 14.7. The van der Waals surface area contributed by atoms with Crippen molar-refractivity contribution in [2.75, 3.05) is 14.2 Å². The maximum absolute atomic E-state index is 5.51. The Kier molecular flexibility index (Phi) is 9.67. The van der Waals surface area contributed by atoms with E-state index < -0.39 is 0 Å². The number of methoxy groups -OCH3 is 2. The number of aryl methyl sites for hydroxylation is 1. The van der Waals surface area contributed by atoms with E-state index in [1.54, 1.807) is 14.2 Å². The SMILES string of the molecule is COc1ccc(CN=C(NCc2nnc(C)n2C)NC2CCCCC2)c(OC)c1.I. The second kappa shape index (κ2) is 12.0. The summed E-state index contributed by atoms with van der Waals surface area (Å²) >= 11 is 0. The molecule has 0 unspecified atom stereocenters. The van der Waals surface area contributed by atoms with Crippen LogP contribution >= 0.6 is 24.0 Å². The Morgan fingerprint density at radius 1 is 1.17 bits per heavy atom. The van der Waals surface area contributed by atoms with Crippen molar-refractivity contribution >= 4 is 29.9 Å². The molecule has 1 fully saturated rings. The lowest BCUT2D eigenvalue weighted by Crippen LogP contribution is -2.44. The first-order chi connectivity index (χ1) is 14.1. The number of ether oxygens (including phenoxy) is 2. The minimum atomic E-state index is 0. The van der Waals surface area contributed by atoms with Crippen LogP contribution in [0.2, 0.25) is 0 Å². The molecule has 1 aromatic carbocycles. The highest BCUT2D eigenvalue weighted by Gasteiger charge is 2.15. The van der Waals surface area contributed by atoms with Crippen molar-refractivity contribution < 1.29 is 9.47 Å². The molecule has 0 aliphatic heterocycles. The van der Waals surface area contributed by atoms with Gasteiger partial charge in [-0.2, -0.15) is 0 Å². The molecule has 8 nitrogen and oxygen atoms in total. The molecule has 0 atom stereocenters. The number of benzene rings is 1. The fourth-order valence-electron chi connectivity index (χ4n) is 3.51. The summed E-state index contributed by atoms with van der Waals surface area (Å²) < 4.78 is 12.8. The van der Waals surface area contributed by atoms with Crippen LogP contribution in [0.1, 0.15) is 49.3 Å². The zero-order chi connectivity index (χ0) is 20.6. The van der Waals surface area contributed by atoms with E-state index in [2.05, 4.69) is 20.8 Å². The quantitative estimate of drug-likeness (QED) is 0.326.